The number of carbonyl (C=O) groups is 1. The average molecular weight is 900 g/mol. The number of fused-ring (bicyclic) bond motifs is 1. The van der Waals surface area contributed by atoms with Crippen molar-refractivity contribution >= 4 is 46.0 Å². The van der Waals surface area contributed by atoms with Gasteiger partial charge in [0.2, 0.25) is 5.95 Å². The molecule has 0 unspecified atom stereocenters. The molecule has 0 saturated carbocycles. The number of ether oxygens (including phenoxy) is 2. The summed E-state index contributed by atoms with van der Waals surface area (Å²) in [5.74, 6) is 3.53. The highest BCUT2D eigenvalue weighted by molar-refractivity contribution is 5.75. The van der Waals surface area contributed by atoms with E-state index in [0.717, 1.165) is 110 Å². The van der Waals surface area contributed by atoms with Gasteiger partial charge >= 0.3 is 0 Å². The van der Waals surface area contributed by atoms with Gasteiger partial charge in [0, 0.05) is 37.1 Å². The molecule has 5 aromatic heterocycles. The third-order valence-electron chi connectivity index (χ3n) is 11.3. The minimum Gasteiger partial charge on any atom is -0.494 e. The Hall–Kier alpha value is -7.12. The average Bonchev–Trinajstić information content (AvgIpc) is 4.05. The van der Waals surface area contributed by atoms with Gasteiger partial charge in [-0.25, -0.2) is 19.9 Å². The van der Waals surface area contributed by atoms with E-state index in [1.807, 2.05) is 92.5 Å². The molecule has 0 aliphatic carbocycles. The number of aryl methyl sites for hydroxylation is 1. The Labute approximate surface area is 385 Å². The number of nitrogens with zero attached hydrogens (tertiary/aromatic N) is 12. The molecular formula is C47H61N15O4. The molecular weight excluding hydrogens is 839 g/mol. The van der Waals surface area contributed by atoms with E-state index >= 15 is 0 Å². The highest BCUT2D eigenvalue weighted by atomic mass is 16.5. The number of carboxylic acids is 1. The number of nitrogens with two attached hydrogens (primary N) is 1. The van der Waals surface area contributed by atoms with Crippen molar-refractivity contribution in [3.8, 4) is 17.2 Å². The lowest BCUT2D eigenvalue weighted by Gasteiger charge is -2.28. The van der Waals surface area contributed by atoms with Crippen LogP contribution in [0.1, 0.15) is 75.8 Å². The Morgan fingerprint density at radius 1 is 0.742 bits per heavy atom. The summed E-state index contributed by atoms with van der Waals surface area (Å²) in [6.45, 7) is 12.7. The first-order chi connectivity index (χ1) is 31.9. The van der Waals surface area contributed by atoms with E-state index in [1.54, 1.807) is 12.4 Å². The molecule has 19 nitrogen and oxygen atoms in total. The first kappa shape index (κ1) is 46.9. The summed E-state index contributed by atoms with van der Waals surface area (Å²) in [5, 5.41) is 23.1. The van der Waals surface area contributed by atoms with E-state index in [4.69, 9.17) is 30.1 Å². The fraction of sp³-hybridized carbons (Fsp3) is 0.404. The van der Waals surface area contributed by atoms with Gasteiger partial charge in [0.15, 0.2) is 11.5 Å². The fourth-order valence-corrected chi connectivity index (χ4v) is 7.87. The monoisotopic (exact) mass is 900 g/mol. The second-order valence-corrected chi connectivity index (χ2v) is 16.4. The van der Waals surface area contributed by atoms with E-state index in [1.165, 1.54) is 0 Å². The standard InChI is InChI=1S/C23H28N8O.C22H29N7O.C2H4O2/c1-4-32-20-7-5-19(6-8-20)31-16(2)26-21-14-24-23(28-22(21)31)27-17-13-25-30(15-17)18-9-11-29(3)12-10-18;1-3-30-19-6-4-17(5-7-19)26-22-20(23)14-24-21(27-22)12-16-13-25-29(15-16)18-8-10-28(2)11-9-18;1-2(3)4/h5-8,13-15,18H,4,9-12H2,1-3H3,(H,24,27,28);4-7,13-15,18H,3,8-12,23H2,1-2H3,(H,24,26,27);1H3,(H,3,4). The molecule has 0 amide bonds. The molecule has 2 aromatic carbocycles. The van der Waals surface area contributed by atoms with Crippen LogP contribution in [0.25, 0.3) is 16.9 Å². The summed E-state index contributed by atoms with van der Waals surface area (Å²) in [4.78, 5) is 36.6. The lowest BCUT2D eigenvalue weighted by molar-refractivity contribution is -0.134. The Bertz CT molecular complexity index is 2620. The second kappa shape index (κ2) is 22.2. The number of carboxylic acid groups (broad SMARTS) is 1. The minimum absolute atomic E-state index is 0.439. The number of nitrogen functional groups attached to an aromatic ring is 1. The summed E-state index contributed by atoms with van der Waals surface area (Å²) in [7, 11) is 4.33. The second-order valence-electron chi connectivity index (χ2n) is 16.4. The highest BCUT2D eigenvalue weighted by Gasteiger charge is 2.21. The quantitative estimate of drug-likeness (QED) is 0.0909. The molecule has 2 aliphatic heterocycles. The molecule has 0 bridgehead atoms. The summed E-state index contributed by atoms with van der Waals surface area (Å²) in [6, 6.07) is 16.6. The molecule has 348 valence electrons. The Balaban J connectivity index is 0.000000182. The summed E-state index contributed by atoms with van der Waals surface area (Å²) >= 11 is 0. The van der Waals surface area contributed by atoms with Gasteiger partial charge in [-0.2, -0.15) is 15.2 Å². The lowest BCUT2D eigenvalue weighted by Crippen LogP contribution is -2.31. The largest absolute Gasteiger partial charge is 0.494 e. The zero-order valence-corrected chi connectivity index (χ0v) is 38.6. The van der Waals surface area contributed by atoms with E-state index in [-0.39, 0.29) is 0 Å². The predicted molar refractivity (Wildman–Crippen MR) is 255 cm³/mol. The molecule has 2 fully saturated rings. The first-order valence-corrected chi connectivity index (χ1v) is 22.4. The van der Waals surface area contributed by atoms with Crippen LogP contribution in [0.15, 0.2) is 85.7 Å². The number of aromatic nitrogens is 10. The maximum absolute atomic E-state index is 9.00. The zero-order valence-electron chi connectivity index (χ0n) is 38.6. The number of imidazole rings is 1. The normalized spacial score (nSPS) is 14.8. The van der Waals surface area contributed by atoms with Crippen molar-refractivity contribution in [2.24, 2.45) is 0 Å². The summed E-state index contributed by atoms with van der Waals surface area (Å²) in [6.07, 6.45) is 16.4. The minimum atomic E-state index is -0.833. The number of anilines is 5. The highest BCUT2D eigenvalue weighted by Crippen LogP contribution is 2.27. The number of hydrogen-bond acceptors (Lipinski definition) is 15. The number of aliphatic carboxylic acids is 1. The van der Waals surface area contributed by atoms with E-state index in [9.17, 15) is 0 Å². The van der Waals surface area contributed by atoms with E-state index in [2.05, 4.69) is 80.2 Å². The lowest BCUT2D eigenvalue weighted by atomic mass is 10.1. The number of benzene rings is 2. The molecule has 66 heavy (non-hydrogen) atoms. The summed E-state index contributed by atoms with van der Waals surface area (Å²) < 4.78 is 17.2. The van der Waals surface area contributed by atoms with Gasteiger partial charge < -0.3 is 40.7 Å². The molecule has 7 aromatic rings. The van der Waals surface area contributed by atoms with E-state index < -0.39 is 5.97 Å². The molecule has 0 spiro atoms. The fourth-order valence-electron chi connectivity index (χ4n) is 7.87. The van der Waals surface area contributed by atoms with Gasteiger partial charge in [0.25, 0.3) is 5.97 Å². The Kier molecular flexibility index (Phi) is 15.7. The van der Waals surface area contributed by atoms with Crippen LogP contribution in [-0.2, 0) is 11.2 Å². The number of nitrogens with one attached hydrogen (secondary N) is 2. The van der Waals surface area contributed by atoms with Gasteiger partial charge in [-0.05, 0) is 141 Å². The molecule has 2 saturated heterocycles. The third kappa shape index (κ3) is 12.6. The van der Waals surface area contributed by atoms with Crippen LogP contribution >= 0.6 is 0 Å². The smallest absolute Gasteiger partial charge is 0.300 e. The van der Waals surface area contributed by atoms with Crippen LogP contribution < -0.4 is 25.8 Å². The molecule has 0 atom stereocenters. The molecule has 7 heterocycles. The van der Waals surface area contributed by atoms with Crippen molar-refractivity contribution in [3.63, 3.8) is 0 Å². The molecule has 9 rings (SSSR count). The van der Waals surface area contributed by atoms with Crippen LogP contribution in [0.2, 0.25) is 0 Å². The van der Waals surface area contributed by atoms with Crippen LogP contribution in [0.5, 0.6) is 11.5 Å². The van der Waals surface area contributed by atoms with Gasteiger partial charge in [-0.1, -0.05) is 0 Å². The van der Waals surface area contributed by atoms with Crippen molar-refractivity contribution < 1.29 is 19.4 Å². The van der Waals surface area contributed by atoms with Crippen LogP contribution in [0.3, 0.4) is 0 Å². The number of piperidine rings is 2. The first-order valence-electron chi connectivity index (χ1n) is 22.4. The number of hydrogen-bond donors (Lipinski definition) is 4. The van der Waals surface area contributed by atoms with Crippen molar-refractivity contribution in [2.45, 2.75) is 71.9 Å². The van der Waals surface area contributed by atoms with Crippen LogP contribution in [-0.4, -0.2) is 123 Å². The maximum atomic E-state index is 9.00. The van der Waals surface area contributed by atoms with Crippen LogP contribution in [0, 0.1) is 6.92 Å². The summed E-state index contributed by atoms with van der Waals surface area (Å²) in [5.41, 5.74) is 12.0. The Morgan fingerprint density at radius 2 is 1.32 bits per heavy atom. The molecule has 2 aliphatic rings. The van der Waals surface area contributed by atoms with Gasteiger partial charge in [0.1, 0.15) is 28.7 Å². The van der Waals surface area contributed by atoms with Crippen molar-refractivity contribution in [3.05, 3.63) is 103 Å². The predicted octanol–water partition coefficient (Wildman–Crippen LogP) is 7.08. The Morgan fingerprint density at radius 3 is 1.92 bits per heavy atom. The van der Waals surface area contributed by atoms with E-state index in [0.29, 0.717) is 55.0 Å². The van der Waals surface area contributed by atoms with Crippen molar-refractivity contribution in [1.82, 2.24) is 58.8 Å². The topological polar surface area (TPSA) is 217 Å². The molecule has 19 heteroatoms. The van der Waals surface area contributed by atoms with Crippen molar-refractivity contribution in [2.75, 3.05) is 69.9 Å². The number of likely N-dealkylation sites (tertiary alicyclic amines) is 2. The van der Waals surface area contributed by atoms with Gasteiger partial charge in [-0.3, -0.25) is 18.7 Å². The maximum Gasteiger partial charge on any atom is 0.300 e. The number of rotatable bonds is 13. The van der Waals surface area contributed by atoms with Crippen molar-refractivity contribution in [1.29, 1.82) is 0 Å². The van der Waals surface area contributed by atoms with Gasteiger partial charge in [-0.15, -0.1) is 0 Å². The third-order valence-corrected chi connectivity index (χ3v) is 11.3. The van der Waals surface area contributed by atoms with Gasteiger partial charge in [0.05, 0.1) is 61.5 Å². The molecule has 0 radical (unpaired) electrons. The SMILES string of the molecule is CC(=O)O.CCOc1ccc(-n2c(C)nc3cnc(Nc4cnn(C5CCN(C)CC5)c4)nc32)cc1.CCOc1ccc(Nc2nc(Cc3cnn(C4CCN(C)CC4)c3)ncc2N)cc1. The van der Waals surface area contributed by atoms with Crippen LogP contribution in [0.4, 0.5) is 28.8 Å². The zero-order chi connectivity index (χ0) is 46.6. The molecule has 5 N–H and O–H groups in total.